The smallest absolute Gasteiger partial charge is 0.147 e. The number of halogens is 3. The van der Waals surface area contributed by atoms with Gasteiger partial charge in [-0.1, -0.05) is 23.2 Å². The molecule has 72 valence electrons. The van der Waals surface area contributed by atoms with Gasteiger partial charge in [0.25, 0.3) is 0 Å². The SMILES string of the molecule is Fc1ccc(-n2cnc(Cl)c2)cc1Cl. The highest BCUT2D eigenvalue weighted by Gasteiger charge is 2.03. The van der Waals surface area contributed by atoms with Crippen molar-refractivity contribution >= 4 is 23.2 Å². The molecule has 0 aliphatic carbocycles. The molecule has 0 spiro atoms. The first-order valence-corrected chi connectivity index (χ1v) is 4.57. The Morgan fingerprint density at radius 2 is 2.07 bits per heavy atom. The van der Waals surface area contributed by atoms with E-state index in [0.717, 1.165) is 5.69 Å². The van der Waals surface area contributed by atoms with Gasteiger partial charge >= 0.3 is 0 Å². The van der Waals surface area contributed by atoms with Crippen LogP contribution in [0.4, 0.5) is 4.39 Å². The van der Waals surface area contributed by atoms with Crippen molar-refractivity contribution in [1.29, 1.82) is 0 Å². The molecule has 0 saturated carbocycles. The third kappa shape index (κ3) is 1.74. The molecule has 2 nitrogen and oxygen atoms in total. The predicted octanol–water partition coefficient (Wildman–Crippen LogP) is 3.32. The minimum Gasteiger partial charge on any atom is -0.305 e. The lowest BCUT2D eigenvalue weighted by Gasteiger charge is -2.02. The van der Waals surface area contributed by atoms with Gasteiger partial charge in [-0.25, -0.2) is 9.37 Å². The summed E-state index contributed by atoms with van der Waals surface area (Å²) in [4.78, 5) is 3.84. The second kappa shape index (κ2) is 3.59. The van der Waals surface area contributed by atoms with Gasteiger partial charge in [-0.3, -0.25) is 0 Å². The minimum absolute atomic E-state index is 0.0762. The second-order valence-electron chi connectivity index (χ2n) is 2.70. The van der Waals surface area contributed by atoms with Crippen LogP contribution in [0.5, 0.6) is 0 Å². The molecule has 0 radical (unpaired) electrons. The topological polar surface area (TPSA) is 17.8 Å². The summed E-state index contributed by atoms with van der Waals surface area (Å²) < 4.78 is 14.5. The van der Waals surface area contributed by atoms with Crippen molar-refractivity contribution in [2.24, 2.45) is 0 Å². The Hall–Kier alpha value is -1.06. The molecule has 0 atom stereocenters. The van der Waals surface area contributed by atoms with Crippen LogP contribution in [0.1, 0.15) is 0 Å². The van der Waals surface area contributed by atoms with Crippen LogP contribution >= 0.6 is 23.2 Å². The molecule has 0 N–H and O–H groups in total. The van der Waals surface area contributed by atoms with Crippen molar-refractivity contribution in [2.45, 2.75) is 0 Å². The lowest BCUT2D eigenvalue weighted by atomic mass is 10.3. The molecule has 0 aliphatic rings. The molecule has 0 aliphatic heterocycles. The van der Waals surface area contributed by atoms with Crippen LogP contribution in [0.15, 0.2) is 30.7 Å². The molecule has 1 aromatic heterocycles. The lowest BCUT2D eigenvalue weighted by Crippen LogP contribution is -1.90. The summed E-state index contributed by atoms with van der Waals surface area (Å²) in [5, 5.41) is 0.456. The van der Waals surface area contributed by atoms with E-state index in [1.807, 2.05) is 0 Å². The van der Waals surface area contributed by atoms with Crippen LogP contribution in [0.2, 0.25) is 10.2 Å². The summed E-state index contributed by atoms with van der Waals surface area (Å²) in [6.45, 7) is 0. The van der Waals surface area contributed by atoms with Gasteiger partial charge in [0.1, 0.15) is 17.3 Å². The second-order valence-corrected chi connectivity index (χ2v) is 3.50. The van der Waals surface area contributed by atoms with Crippen molar-refractivity contribution in [1.82, 2.24) is 9.55 Å². The summed E-state index contributed by atoms with van der Waals surface area (Å²) >= 11 is 11.3. The number of hydrogen-bond donors (Lipinski definition) is 0. The highest BCUT2D eigenvalue weighted by molar-refractivity contribution is 6.31. The molecular weight excluding hydrogens is 226 g/mol. The Labute approximate surface area is 89.9 Å². The number of imidazole rings is 1. The Balaban J connectivity index is 2.47. The molecule has 1 aromatic carbocycles. The third-order valence-electron chi connectivity index (χ3n) is 1.75. The van der Waals surface area contributed by atoms with E-state index in [4.69, 9.17) is 23.2 Å². The number of hydrogen-bond acceptors (Lipinski definition) is 1. The largest absolute Gasteiger partial charge is 0.305 e. The van der Waals surface area contributed by atoms with Gasteiger partial charge in [0.15, 0.2) is 0 Å². The van der Waals surface area contributed by atoms with Crippen LogP contribution < -0.4 is 0 Å². The Morgan fingerprint density at radius 3 is 2.64 bits per heavy atom. The fourth-order valence-corrected chi connectivity index (χ4v) is 1.41. The fraction of sp³-hybridized carbons (Fsp3) is 0. The summed E-state index contributed by atoms with van der Waals surface area (Å²) in [6.07, 6.45) is 3.15. The highest BCUT2D eigenvalue weighted by Crippen LogP contribution is 2.19. The summed E-state index contributed by atoms with van der Waals surface area (Å²) in [5.41, 5.74) is 0.718. The van der Waals surface area contributed by atoms with E-state index in [2.05, 4.69) is 4.98 Å². The Kier molecular flexibility index (Phi) is 2.44. The molecule has 0 saturated heterocycles. The van der Waals surface area contributed by atoms with E-state index in [1.54, 1.807) is 16.8 Å². The van der Waals surface area contributed by atoms with E-state index in [0.29, 0.717) is 5.15 Å². The molecule has 0 bridgehead atoms. The molecule has 0 unspecified atom stereocenters. The number of rotatable bonds is 1. The van der Waals surface area contributed by atoms with Crippen molar-refractivity contribution < 1.29 is 4.39 Å². The molecule has 2 rings (SSSR count). The molecule has 1 heterocycles. The van der Waals surface area contributed by atoms with Crippen LogP contribution in [0.25, 0.3) is 5.69 Å². The van der Waals surface area contributed by atoms with Gasteiger partial charge in [-0.2, -0.15) is 0 Å². The van der Waals surface area contributed by atoms with Gasteiger partial charge in [-0.05, 0) is 18.2 Å². The molecule has 14 heavy (non-hydrogen) atoms. The van der Waals surface area contributed by atoms with E-state index in [-0.39, 0.29) is 5.02 Å². The van der Waals surface area contributed by atoms with Gasteiger partial charge < -0.3 is 4.57 Å². The molecule has 5 heteroatoms. The molecule has 2 aromatic rings. The fourth-order valence-electron chi connectivity index (χ4n) is 1.09. The normalized spacial score (nSPS) is 10.5. The number of aromatic nitrogens is 2. The minimum atomic E-state index is -0.443. The van der Waals surface area contributed by atoms with Gasteiger partial charge in [0.05, 0.1) is 5.02 Å². The zero-order valence-corrected chi connectivity index (χ0v) is 8.43. The molecular formula is C9H5Cl2FN2. The average molecular weight is 231 g/mol. The first kappa shape index (κ1) is 9.49. The Morgan fingerprint density at radius 1 is 1.29 bits per heavy atom. The highest BCUT2D eigenvalue weighted by atomic mass is 35.5. The predicted molar refractivity (Wildman–Crippen MR) is 53.5 cm³/mol. The van der Waals surface area contributed by atoms with E-state index >= 15 is 0 Å². The Bertz CT molecular complexity index is 468. The average Bonchev–Trinajstić information content (AvgIpc) is 2.57. The first-order chi connectivity index (χ1) is 6.66. The lowest BCUT2D eigenvalue weighted by molar-refractivity contribution is 0.628. The summed E-state index contributed by atoms with van der Waals surface area (Å²) in [5.74, 6) is -0.443. The van der Waals surface area contributed by atoms with Gasteiger partial charge in [0.2, 0.25) is 0 Å². The van der Waals surface area contributed by atoms with Gasteiger partial charge in [-0.15, -0.1) is 0 Å². The van der Waals surface area contributed by atoms with Gasteiger partial charge in [0, 0.05) is 11.9 Å². The maximum atomic E-state index is 12.8. The van der Waals surface area contributed by atoms with E-state index in [9.17, 15) is 4.39 Å². The maximum Gasteiger partial charge on any atom is 0.147 e. The van der Waals surface area contributed by atoms with Crippen LogP contribution in [-0.2, 0) is 0 Å². The monoisotopic (exact) mass is 230 g/mol. The maximum absolute atomic E-state index is 12.8. The van der Waals surface area contributed by atoms with Crippen molar-refractivity contribution in [3.63, 3.8) is 0 Å². The summed E-state index contributed by atoms with van der Waals surface area (Å²) in [6, 6.07) is 4.40. The zero-order valence-electron chi connectivity index (χ0n) is 6.92. The zero-order chi connectivity index (χ0) is 10.1. The van der Waals surface area contributed by atoms with Crippen LogP contribution in [-0.4, -0.2) is 9.55 Å². The van der Waals surface area contributed by atoms with Crippen LogP contribution in [0, 0.1) is 5.82 Å². The number of nitrogens with zero attached hydrogens (tertiary/aromatic N) is 2. The van der Waals surface area contributed by atoms with Crippen LogP contribution in [0.3, 0.4) is 0 Å². The van der Waals surface area contributed by atoms with Crippen molar-refractivity contribution in [3.05, 3.63) is 46.7 Å². The van der Waals surface area contributed by atoms with E-state index in [1.165, 1.54) is 18.5 Å². The van der Waals surface area contributed by atoms with Crippen molar-refractivity contribution in [2.75, 3.05) is 0 Å². The quantitative estimate of drug-likeness (QED) is 0.736. The van der Waals surface area contributed by atoms with E-state index < -0.39 is 5.82 Å². The summed E-state index contributed by atoms with van der Waals surface area (Å²) in [7, 11) is 0. The van der Waals surface area contributed by atoms with Crippen molar-refractivity contribution in [3.8, 4) is 5.69 Å². The first-order valence-electron chi connectivity index (χ1n) is 3.82. The standard InChI is InChI=1S/C9H5Cl2FN2/c10-7-3-6(1-2-8(7)12)14-4-9(11)13-5-14/h1-5H. The number of benzene rings is 1. The third-order valence-corrected chi connectivity index (χ3v) is 2.24. The molecule has 0 amide bonds. The molecule has 0 fully saturated rings.